The number of hydrogen-bond acceptors (Lipinski definition) is 3. The van der Waals surface area contributed by atoms with Crippen LogP contribution in [0.1, 0.15) is 16.1 Å². The van der Waals surface area contributed by atoms with E-state index in [1.165, 1.54) is 23.3 Å². The molecule has 1 aromatic heterocycles. The largest absolute Gasteiger partial charge is 0.369 e. The van der Waals surface area contributed by atoms with Crippen molar-refractivity contribution in [1.29, 1.82) is 0 Å². The van der Waals surface area contributed by atoms with E-state index in [1.54, 1.807) is 19.0 Å². The van der Waals surface area contributed by atoms with Crippen LogP contribution in [0, 0.1) is 6.92 Å². The Morgan fingerprint density at radius 2 is 2.10 bits per heavy atom. The van der Waals surface area contributed by atoms with Gasteiger partial charge in [-0.15, -0.1) is 0 Å². The summed E-state index contributed by atoms with van der Waals surface area (Å²) < 4.78 is 1.49. The molecule has 0 saturated carbocycles. The summed E-state index contributed by atoms with van der Waals surface area (Å²) >= 11 is 0. The third-order valence-corrected chi connectivity index (χ3v) is 2.68. The monoisotopic (exact) mass is 284 g/mol. The van der Waals surface area contributed by atoms with Crippen LogP contribution in [0.5, 0.6) is 0 Å². The van der Waals surface area contributed by atoms with Crippen LogP contribution in [0.3, 0.4) is 0 Å². The molecule has 6 nitrogen and oxygen atoms in total. The minimum atomic E-state index is -0.657. The van der Waals surface area contributed by atoms with Gasteiger partial charge in [0.1, 0.15) is 0 Å². The minimum Gasteiger partial charge on any atom is -0.369 e. The van der Waals surface area contributed by atoms with Gasteiger partial charge in [-0.1, -0.05) is 12.1 Å². The second-order valence-electron chi connectivity index (χ2n) is 4.83. The number of hydrogen-bond donors (Lipinski definition) is 0. The highest BCUT2D eigenvalue weighted by atomic mass is 16.2. The summed E-state index contributed by atoms with van der Waals surface area (Å²) in [7, 11) is 3.47. The van der Waals surface area contributed by atoms with Crippen LogP contribution in [0.4, 0.5) is 0 Å². The topological polar surface area (TPSA) is 67.6 Å². The van der Waals surface area contributed by atoms with Gasteiger partial charge in [0.05, 0.1) is 12.0 Å². The molecule has 21 heavy (non-hydrogen) atoms. The molecule has 6 heteroatoms. The first-order chi connectivity index (χ1) is 9.97. The van der Waals surface area contributed by atoms with Crippen LogP contribution in [-0.2, 0) is 0 Å². The summed E-state index contributed by atoms with van der Waals surface area (Å²) in [6.07, 6.45) is 2.87. The van der Waals surface area contributed by atoms with Gasteiger partial charge < -0.3 is 4.90 Å². The Morgan fingerprint density at radius 3 is 2.76 bits per heavy atom. The van der Waals surface area contributed by atoms with E-state index in [4.69, 9.17) is 0 Å². The number of carbonyl (C=O) groups is 1. The molecule has 1 amide bonds. The molecule has 0 saturated heterocycles. The van der Waals surface area contributed by atoms with E-state index < -0.39 is 11.3 Å². The molecule has 0 spiro atoms. The van der Waals surface area contributed by atoms with E-state index in [2.05, 4.69) is 10.1 Å². The molecule has 2 rings (SSSR count). The standard InChI is InChI=1S/C15H16N4O2/c1-11-5-4-6-12(9-11)19-8-7-13(20)14(17-19)15(21)16-10-18(2)3/h4-10H,1-3H3. The Balaban J connectivity index is 2.42. The zero-order valence-corrected chi connectivity index (χ0v) is 12.1. The predicted octanol–water partition coefficient (Wildman–Crippen LogP) is 1.27. The lowest BCUT2D eigenvalue weighted by Crippen LogP contribution is -2.20. The molecular weight excluding hydrogens is 268 g/mol. The second-order valence-corrected chi connectivity index (χ2v) is 4.83. The Kier molecular flexibility index (Phi) is 4.27. The van der Waals surface area contributed by atoms with E-state index in [1.807, 2.05) is 31.2 Å². The van der Waals surface area contributed by atoms with Gasteiger partial charge in [-0.3, -0.25) is 9.59 Å². The smallest absolute Gasteiger partial charge is 0.302 e. The van der Waals surface area contributed by atoms with Crippen LogP contribution in [-0.4, -0.2) is 41.0 Å². The molecular formula is C15H16N4O2. The average Bonchev–Trinajstić information content (AvgIpc) is 2.45. The zero-order valence-electron chi connectivity index (χ0n) is 12.1. The molecule has 0 fully saturated rings. The van der Waals surface area contributed by atoms with Crippen molar-refractivity contribution in [1.82, 2.24) is 14.7 Å². The zero-order chi connectivity index (χ0) is 15.4. The van der Waals surface area contributed by atoms with E-state index in [0.717, 1.165) is 11.3 Å². The molecule has 0 radical (unpaired) electrons. The molecule has 0 unspecified atom stereocenters. The molecule has 0 atom stereocenters. The highest BCUT2D eigenvalue weighted by Crippen LogP contribution is 2.08. The molecule has 0 aliphatic carbocycles. The number of benzene rings is 1. The first-order valence-electron chi connectivity index (χ1n) is 6.39. The van der Waals surface area contributed by atoms with Crippen LogP contribution in [0.25, 0.3) is 5.69 Å². The number of carbonyl (C=O) groups excluding carboxylic acids is 1. The number of amides is 1. The number of aryl methyl sites for hydroxylation is 1. The van der Waals surface area contributed by atoms with Gasteiger partial charge in [0.2, 0.25) is 5.43 Å². The van der Waals surface area contributed by atoms with Crippen molar-refractivity contribution in [2.75, 3.05) is 14.1 Å². The van der Waals surface area contributed by atoms with Gasteiger partial charge in [0.25, 0.3) is 0 Å². The van der Waals surface area contributed by atoms with Crippen molar-refractivity contribution in [2.24, 2.45) is 4.99 Å². The number of aliphatic imine (C=N–C) groups is 1. The van der Waals surface area contributed by atoms with Crippen molar-refractivity contribution < 1.29 is 4.79 Å². The summed E-state index contributed by atoms with van der Waals surface area (Å²) in [5.41, 5.74) is 1.20. The quantitative estimate of drug-likeness (QED) is 0.629. The Hall–Kier alpha value is -2.76. The van der Waals surface area contributed by atoms with Crippen LogP contribution in [0.15, 0.2) is 46.3 Å². The van der Waals surface area contributed by atoms with Gasteiger partial charge in [-0.25, -0.2) is 4.68 Å². The normalized spacial score (nSPS) is 10.8. The van der Waals surface area contributed by atoms with E-state index in [0.29, 0.717) is 0 Å². The summed E-state index contributed by atoms with van der Waals surface area (Å²) in [6.45, 7) is 1.96. The van der Waals surface area contributed by atoms with Crippen molar-refractivity contribution in [3.63, 3.8) is 0 Å². The summed E-state index contributed by atoms with van der Waals surface area (Å²) in [4.78, 5) is 29.0. The third kappa shape index (κ3) is 3.62. The van der Waals surface area contributed by atoms with E-state index in [-0.39, 0.29) is 5.69 Å². The number of aromatic nitrogens is 2. The van der Waals surface area contributed by atoms with E-state index in [9.17, 15) is 9.59 Å². The molecule has 0 N–H and O–H groups in total. The minimum absolute atomic E-state index is 0.197. The van der Waals surface area contributed by atoms with Crippen LogP contribution >= 0.6 is 0 Å². The van der Waals surface area contributed by atoms with Gasteiger partial charge in [0, 0.05) is 26.4 Å². The maximum Gasteiger partial charge on any atom is 0.302 e. The first-order valence-corrected chi connectivity index (χ1v) is 6.39. The second kappa shape index (κ2) is 6.13. The van der Waals surface area contributed by atoms with Crippen LogP contribution < -0.4 is 5.43 Å². The third-order valence-electron chi connectivity index (χ3n) is 2.68. The highest BCUT2D eigenvalue weighted by Gasteiger charge is 2.12. The molecule has 0 aliphatic rings. The Bertz CT molecular complexity index is 747. The predicted molar refractivity (Wildman–Crippen MR) is 81.1 cm³/mol. The van der Waals surface area contributed by atoms with E-state index >= 15 is 0 Å². The van der Waals surface area contributed by atoms with Gasteiger partial charge in [-0.05, 0) is 24.6 Å². The van der Waals surface area contributed by atoms with Crippen molar-refractivity contribution in [3.8, 4) is 5.69 Å². The highest BCUT2D eigenvalue weighted by molar-refractivity contribution is 5.96. The van der Waals surface area contributed by atoms with Gasteiger partial charge >= 0.3 is 5.91 Å². The maximum absolute atomic E-state index is 11.9. The molecule has 0 aliphatic heterocycles. The van der Waals surface area contributed by atoms with Crippen LogP contribution in [0.2, 0.25) is 0 Å². The molecule has 1 aromatic carbocycles. The Labute approximate surface area is 122 Å². The molecule has 2 aromatic rings. The maximum atomic E-state index is 11.9. The lowest BCUT2D eigenvalue weighted by atomic mass is 10.2. The SMILES string of the molecule is Cc1cccc(-n2ccc(=O)c(C(=O)N=CN(C)C)n2)c1. The van der Waals surface area contributed by atoms with Crippen molar-refractivity contribution >= 4 is 12.2 Å². The summed E-state index contributed by atoms with van der Waals surface area (Å²) in [5.74, 6) is -0.657. The average molecular weight is 284 g/mol. The van der Waals surface area contributed by atoms with Crippen molar-refractivity contribution in [3.05, 3.63) is 58.0 Å². The molecule has 108 valence electrons. The first kappa shape index (κ1) is 14.6. The fraction of sp³-hybridized carbons (Fsp3) is 0.200. The summed E-state index contributed by atoms with van der Waals surface area (Å²) in [5, 5.41) is 4.08. The van der Waals surface area contributed by atoms with Gasteiger partial charge in [-0.2, -0.15) is 10.1 Å². The van der Waals surface area contributed by atoms with Gasteiger partial charge in [0.15, 0.2) is 5.69 Å². The fourth-order valence-corrected chi connectivity index (χ4v) is 1.70. The lowest BCUT2D eigenvalue weighted by molar-refractivity contribution is 0.0995. The molecule has 0 bridgehead atoms. The lowest BCUT2D eigenvalue weighted by Gasteiger charge is -2.07. The fourth-order valence-electron chi connectivity index (χ4n) is 1.70. The molecule has 1 heterocycles. The summed E-state index contributed by atoms with van der Waals surface area (Å²) in [6, 6.07) is 8.92. The number of nitrogens with zero attached hydrogens (tertiary/aromatic N) is 4. The Morgan fingerprint density at radius 1 is 1.33 bits per heavy atom. The number of rotatable bonds is 3. The van der Waals surface area contributed by atoms with Crippen molar-refractivity contribution in [2.45, 2.75) is 6.92 Å².